The molecule has 7 heteroatoms. The average molecular weight is 317 g/mol. The summed E-state index contributed by atoms with van der Waals surface area (Å²) in [6.45, 7) is 2.59. The number of nitrogens with zero attached hydrogens (tertiary/aromatic N) is 1. The van der Waals surface area contributed by atoms with Gasteiger partial charge in [0.25, 0.3) is 0 Å². The number of ether oxygens (including phenoxy) is 1. The predicted octanol–water partition coefficient (Wildman–Crippen LogP) is 1.51. The van der Waals surface area contributed by atoms with E-state index in [-0.39, 0.29) is 23.1 Å². The van der Waals surface area contributed by atoms with Gasteiger partial charge in [-0.15, -0.1) is 0 Å². The lowest BCUT2D eigenvalue weighted by atomic mass is 10.1. The van der Waals surface area contributed by atoms with Gasteiger partial charge in [0.1, 0.15) is 5.82 Å². The fourth-order valence-electron chi connectivity index (χ4n) is 2.53. The first-order valence-corrected chi connectivity index (χ1v) is 8.44. The van der Waals surface area contributed by atoms with E-state index in [1.54, 1.807) is 0 Å². The standard InChI is InChI=1S/C14H20FNO4S/c1-2-20-13-4-3-7-16(9-13)21(18,19)14-8-12(15)6-5-11(14)10-17/h5-6,8,13,17H,2-4,7,9-10H2,1H3. The summed E-state index contributed by atoms with van der Waals surface area (Å²) >= 11 is 0. The molecule has 118 valence electrons. The lowest BCUT2D eigenvalue weighted by Gasteiger charge is -2.32. The van der Waals surface area contributed by atoms with Gasteiger partial charge < -0.3 is 9.84 Å². The van der Waals surface area contributed by atoms with Crippen molar-refractivity contribution < 1.29 is 22.7 Å². The summed E-state index contributed by atoms with van der Waals surface area (Å²) in [6.07, 6.45) is 1.38. The van der Waals surface area contributed by atoms with Crippen LogP contribution in [0.15, 0.2) is 23.1 Å². The van der Waals surface area contributed by atoms with Crippen LogP contribution in [0.1, 0.15) is 25.3 Å². The van der Waals surface area contributed by atoms with Crippen molar-refractivity contribution in [1.82, 2.24) is 4.31 Å². The van der Waals surface area contributed by atoms with Gasteiger partial charge in [0.15, 0.2) is 0 Å². The molecule has 0 aromatic heterocycles. The molecule has 0 saturated carbocycles. The molecule has 0 radical (unpaired) electrons. The number of benzene rings is 1. The highest BCUT2D eigenvalue weighted by Crippen LogP contribution is 2.25. The summed E-state index contributed by atoms with van der Waals surface area (Å²) in [5, 5.41) is 9.28. The molecule has 21 heavy (non-hydrogen) atoms. The molecule has 0 amide bonds. The van der Waals surface area contributed by atoms with Gasteiger partial charge in [-0.25, -0.2) is 12.8 Å². The molecule has 1 aliphatic rings. The number of hydrogen-bond acceptors (Lipinski definition) is 4. The number of sulfonamides is 1. The van der Waals surface area contributed by atoms with Gasteiger partial charge in [0.05, 0.1) is 17.6 Å². The Hall–Kier alpha value is -1.02. The third-order valence-electron chi connectivity index (χ3n) is 3.56. The van der Waals surface area contributed by atoms with Crippen molar-refractivity contribution in [2.75, 3.05) is 19.7 Å². The molecule has 1 aromatic carbocycles. The number of rotatable bonds is 5. The van der Waals surface area contributed by atoms with Crippen molar-refractivity contribution in [2.45, 2.75) is 37.4 Å². The van der Waals surface area contributed by atoms with Crippen molar-refractivity contribution in [3.8, 4) is 0 Å². The number of aliphatic hydroxyl groups excluding tert-OH is 1. The smallest absolute Gasteiger partial charge is 0.243 e. The Morgan fingerprint density at radius 2 is 2.24 bits per heavy atom. The minimum Gasteiger partial charge on any atom is -0.392 e. The van der Waals surface area contributed by atoms with Gasteiger partial charge in [-0.3, -0.25) is 0 Å². The molecule has 1 unspecified atom stereocenters. The van der Waals surface area contributed by atoms with Crippen LogP contribution < -0.4 is 0 Å². The molecule has 0 aliphatic carbocycles. The zero-order chi connectivity index (χ0) is 15.5. The topological polar surface area (TPSA) is 66.8 Å². The van der Waals surface area contributed by atoms with Gasteiger partial charge in [-0.2, -0.15) is 4.31 Å². The van der Waals surface area contributed by atoms with Crippen molar-refractivity contribution in [1.29, 1.82) is 0 Å². The fraction of sp³-hybridized carbons (Fsp3) is 0.571. The van der Waals surface area contributed by atoms with E-state index >= 15 is 0 Å². The monoisotopic (exact) mass is 317 g/mol. The van der Waals surface area contributed by atoms with Crippen LogP contribution in [-0.2, 0) is 21.4 Å². The van der Waals surface area contributed by atoms with E-state index in [9.17, 15) is 17.9 Å². The van der Waals surface area contributed by atoms with E-state index in [2.05, 4.69) is 0 Å². The van der Waals surface area contributed by atoms with Gasteiger partial charge >= 0.3 is 0 Å². The van der Waals surface area contributed by atoms with Gasteiger partial charge in [-0.1, -0.05) is 6.07 Å². The van der Waals surface area contributed by atoms with Gasteiger partial charge in [0, 0.05) is 19.7 Å². The first-order chi connectivity index (χ1) is 9.98. The molecule has 1 fully saturated rings. The molecule has 5 nitrogen and oxygen atoms in total. The first-order valence-electron chi connectivity index (χ1n) is 7.00. The van der Waals surface area contributed by atoms with E-state index in [0.717, 1.165) is 18.6 Å². The molecule has 1 atom stereocenters. The van der Waals surface area contributed by atoms with E-state index in [1.165, 1.54) is 10.4 Å². The summed E-state index contributed by atoms with van der Waals surface area (Å²) < 4.78 is 45.5. The number of piperidine rings is 1. The molecular weight excluding hydrogens is 297 g/mol. The summed E-state index contributed by atoms with van der Waals surface area (Å²) in [7, 11) is -3.83. The molecular formula is C14H20FNO4S. The van der Waals surface area contributed by atoms with Gasteiger partial charge in [0.2, 0.25) is 10.0 Å². The summed E-state index contributed by atoms with van der Waals surface area (Å²) in [5.41, 5.74) is 0.204. The third kappa shape index (κ3) is 3.60. The second-order valence-electron chi connectivity index (χ2n) is 4.99. The molecule has 0 spiro atoms. The molecule has 0 bridgehead atoms. The maximum Gasteiger partial charge on any atom is 0.243 e. The molecule has 1 heterocycles. The lowest BCUT2D eigenvalue weighted by Crippen LogP contribution is -2.43. The van der Waals surface area contributed by atoms with Crippen LogP contribution in [0.4, 0.5) is 4.39 Å². The molecule has 2 rings (SSSR count). The highest BCUT2D eigenvalue weighted by atomic mass is 32.2. The Morgan fingerprint density at radius 1 is 1.48 bits per heavy atom. The van der Waals surface area contributed by atoms with Crippen molar-refractivity contribution in [3.63, 3.8) is 0 Å². The van der Waals surface area contributed by atoms with Crippen LogP contribution >= 0.6 is 0 Å². The van der Waals surface area contributed by atoms with Crippen LogP contribution in [0, 0.1) is 5.82 Å². The zero-order valence-corrected chi connectivity index (χ0v) is 12.8. The molecule has 1 N–H and O–H groups in total. The van der Waals surface area contributed by atoms with Crippen LogP contribution in [-0.4, -0.2) is 43.6 Å². The van der Waals surface area contributed by atoms with E-state index in [0.29, 0.717) is 19.6 Å². The maximum absolute atomic E-state index is 13.4. The highest BCUT2D eigenvalue weighted by molar-refractivity contribution is 7.89. The van der Waals surface area contributed by atoms with E-state index in [4.69, 9.17) is 4.74 Å². The normalized spacial score (nSPS) is 20.6. The first kappa shape index (κ1) is 16.4. The van der Waals surface area contributed by atoms with E-state index in [1.807, 2.05) is 6.92 Å². The van der Waals surface area contributed by atoms with Crippen LogP contribution in [0.5, 0.6) is 0 Å². The summed E-state index contributed by atoms with van der Waals surface area (Å²) in [5.74, 6) is -0.635. The largest absolute Gasteiger partial charge is 0.392 e. The quantitative estimate of drug-likeness (QED) is 0.894. The SMILES string of the molecule is CCOC1CCCN(S(=O)(=O)c2cc(F)ccc2CO)C1. The van der Waals surface area contributed by atoms with Crippen LogP contribution in [0.2, 0.25) is 0 Å². The lowest BCUT2D eigenvalue weighted by molar-refractivity contribution is 0.0265. The Morgan fingerprint density at radius 3 is 2.90 bits per heavy atom. The van der Waals surface area contributed by atoms with Crippen LogP contribution in [0.3, 0.4) is 0 Å². The highest BCUT2D eigenvalue weighted by Gasteiger charge is 2.32. The summed E-state index contributed by atoms with van der Waals surface area (Å²) in [4.78, 5) is -0.165. The Bertz CT molecular complexity index is 589. The third-order valence-corrected chi connectivity index (χ3v) is 5.51. The maximum atomic E-state index is 13.4. The Balaban J connectivity index is 2.31. The second kappa shape index (κ2) is 6.83. The number of halogens is 1. The zero-order valence-electron chi connectivity index (χ0n) is 12.0. The fourth-order valence-corrected chi connectivity index (χ4v) is 4.27. The van der Waals surface area contributed by atoms with Crippen LogP contribution in [0.25, 0.3) is 0 Å². The summed E-state index contributed by atoms with van der Waals surface area (Å²) in [6, 6.07) is 3.40. The molecule has 1 aromatic rings. The van der Waals surface area contributed by atoms with Crippen molar-refractivity contribution in [3.05, 3.63) is 29.6 Å². The Kier molecular flexibility index (Phi) is 5.32. The van der Waals surface area contributed by atoms with Crippen molar-refractivity contribution >= 4 is 10.0 Å². The second-order valence-corrected chi connectivity index (χ2v) is 6.90. The Labute approximate surface area is 124 Å². The minimum atomic E-state index is -3.83. The predicted molar refractivity (Wildman–Crippen MR) is 75.7 cm³/mol. The minimum absolute atomic E-state index is 0.135. The van der Waals surface area contributed by atoms with E-state index < -0.39 is 22.4 Å². The molecule has 1 aliphatic heterocycles. The molecule has 1 saturated heterocycles. The van der Waals surface area contributed by atoms with Crippen molar-refractivity contribution in [2.24, 2.45) is 0 Å². The average Bonchev–Trinajstić information content (AvgIpc) is 2.48. The number of hydrogen-bond donors (Lipinski definition) is 1. The van der Waals surface area contributed by atoms with Gasteiger partial charge in [-0.05, 0) is 37.5 Å². The number of aliphatic hydroxyl groups is 1.